The van der Waals surface area contributed by atoms with Crippen molar-refractivity contribution in [2.45, 2.75) is 26.1 Å². The summed E-state index contributed by atoms with van der Waals surface area (Å²) in [5.41, 5.74) is 0.327. The molecule has 0 saturated heterocycles. The summed E-state index contributed by atoms with van der Waals surface area (Å²) in [5, 5.41) is 21.4. The highest BCUT2D eigenvalue weighted by atomic mass is 32.2. The number of anilines is 1. The molecular formula is C21H23NO5S. The predicted molar refractivity (Wildman–Crippen MR) is 110 cm³/mol. The van der Waals surface area contributed by atoms with E-state index in [0.717, 1.165) is 17.2 Å². The van der Waals surface area contributed by atoms with Crippen LogP contribution in [0.5, 0.6) is 11.5 Å². The highest BCUT2D eigenvalue weighted by Gasteiger charge is 2.16. The van der Waals surface area contributed by atoms with Crippen molar-refractivity contribution in [1.29, 1.82) is 0 Å². The van der Waals surface area contributed by atoms with Crippen LogP contribution in [0.3, 0.4) is 0 Å². The predicted octanol–water partition coefficient (Wildman–Crippen LogP) is 4.16. The van der Waals surface area contributed by atoms with Crippen LogP contribution in [0.4, 0.5) is 5.69 Å². The fourth-order valence-corrected chi connectivity index (χ4v) is 4.13. The van der Waals surface area contributed by atoms with E-state index in [9.17, 15) is 18.6 Å². The molecule has 0 unspecified atom stereocenters. The number of sulfonamides is 1. The van der Waals surface area contributed by atoms with Crippen LogP contribution in [0.2, 0.25) is 0 Å². The SMILES string of the molecule is CCCCS(=O)(=O)Nc1ccc(Oc2cccc3ccccc23)c(C(O)O)c1. The van der Waals surface area contributed by atoms with E-state index in [0.29, 0.717) is 12.2 Å². The Morgan fingerprint density at radius 2 is 1.75 bits per heavy atom. The van der Waals surface area contributed by atoms with E-state index in [2.05, 4.69) is 4.72 Å². The maximum Gasteiger partial charge on any atom is 0.232 e. The van der Waals surface area contributed by atoms with Gasteiger partial charge in [-0.05, 0) is 36.1 Å². The molecule has 3 aromatic carbocycles. The second kappa shape index (κ2) is 8.60. The Morgan fingerprint density at radius 1 is 1.00 bits per heavy atom. The standard InChI is InChI=1S/C21H23NO5S/c1-2-3-13-28(25,26)22-16-11-12-20(18(14-16)21(23)24)27-19-10-6-8-15-7-4-5-9-17(15)19/h4-12,14,21-24H,2-3,13H2,1H3. The van der Waals surface area contributed by atoms with E-state index < -0.39 is 16.3 Å². The molecular weight excluding hydrogens is 378 g/mol. The molecule has 0 spiro atoms. The van der Waals surface area contributed by atoms with Crippen LogP contribution in [0.25, 0.3) is 10.8 Å². The van der Waals surface area contributed by atoms with Crippen molar-refractivity contribution < 1.29 is 23.4 Å². The van der Waals surface area contributed by atoms with Crippen molar-refractivity contribution in [3.05, 3.63) is 66.2 Å². The van der Waals surface area contributed by atoms with Gasteiger partial charge in [0, 0.05) is 11.1 Å². The molecule has 0 amide bonds. The van der Waals surface area contributed by atoms with E-state index >= 15 is 0 Å². The van der Waals surface area contributed by atoms with E-state index in [-0.39, 0.29) is 22.8 Å². The van der Waals surface area contributed by atoms with Crippen LogP contribution in [0.1, 0.15) is 31.6 Å². The molecule has 28 heavy (non-hydrogen) atoms. The molecule has 0 aliphatic rings. The minimum Gasteiger partial charge on any atom is -0.456 e. The second-order valence-corrected chi connectivity index (χ2v) is 8.32. The molecule has 0 radical (unpaired) electrons. The number of hydrogen-bond donors (Lipinski definition) is 3. The molecule has 3 rings (SSSR count). The maximum absolute atomic E-state index is 12.1. The first-order valence-corrected chi connectivity index (χ1v) is 10.7. The van der Waals surface area contributed by atoms with Crippen LogP contribution in [-0.4, -0.2) is 24.4 Å². The highest BCUT2D eigenvalue weighted by Crippen LogP contribution is 2.35. The number of benzene rings is 3. The second-order valence-electron chi connectivity index (χ2n) is 6.48. The van der Waals surface area contributed by atoms with Gasteiger partial charge in [-0.15, -0.1) is 0 Å². The van der Waals surface area contributed by atoms with Gasteiger partial charge >= 0.3 is 0 Å². The van der Waals surface area contributed by atoms with Crippen molar-refractivity contribution in [2.24, 2.45) is 0 Å². The third-order valence-corrected chi connectivity index (χ3v) is 5.67. The molecule has 0 heterocycles. The first kappa shape index (κ1) is 20.1. The van der Waals surface area contributed by atoms with Gasteiger partial charge in [-0.2, -0.15) is 0 Å². The fraction of sp³-hybridized carbons (Fsp3) is 0.238. The van der Waals surface area contributed by atoms with Gasteiger partial charge in [-0.25, -0.2) is 8.42 Å². The van der Waals surface area contributed by atoms with E-state index in [1.165, 1.54) is 18.2 Å². The molecule has 7 heteroatoms. The quantitative estimate of drug-likeness (QED) is 0.493. The van der Waals surface area contributed by atoms with Crippen molar-refractivity contribution in [1.82, 2.24) is 0 Å². The zero-order valence-corrected chi connectivity index (χ0v) is 16.3. The molecule has 0 aliphatic heterocycles. The van der Waals surface area contributed by atoms with Crippen molar-refractivity contribution in [2.75, 3.05) is 10.5 Å². The summed E-state index contributed by atoms with van der Waals surface area (Å²) in [6.45, 7) is 1.91. The number of aliphatic hydroxyl groups is 2. The van der Waals surface area contributed by atoms with Crippen LogP contribution in [0.15, 0.2) is 60.7 Å². The summed E-state index contributed by atoms with van der Waals surface area (Å²) < 4.78 is 32.6. The lowest BCUT2D eigenvalue weighted by Gasteiger charge is -2.16. The number of nitrogens with one attached hydrogen (secondary N) is 1. The normalized spacial score (nSPS) is 11.7. The molecule has 0 fully saturated rings. The lowest BCUT2D eigenvalue weighted by atomic mass is 10.1. The smallest absolute Gasteiger partial charge is 0.232 e. The average Bonchev–Trinajstić information content (AvgIpc) is 2.67. The largest absolute Gasteiger partial charge is 0.456 e. The van der Waals surface area contributed by atoms with Gasteiger partial charge in [0.25, 0.3) is 0 Å². The third-order valence-electron chi connectivity index (χ3n) is 4.30. The summed E-state index contributed by atoms with van der Waals surface area (Å²) in [6, 6.07) is 17.7. The monoisotopic (exact) mass is 401 g/mol. The van der Waals surface area contributed by atoms with E-state index in [4.69, 9.17) is 4.74 Å². The molecule has 0 bridgehead atoms. The van der Waals surface area contributed by atoms with Gasteiger partial charge in [-0.3, -0.25) is 4.72 Å². The average molecular weight is 401 g/mol. The fourth-order valence-electron chi connectivity index (χ4n) is 2.87. The summed E-state index contributed by atoms with van der Waals surface area (Å²) in [7, 11) is -3.49. The lowest BCUT2D eigenvalue weighted by molar-refractivity contribution is -0.0436. The summed E-state index contributed by atoms with van der Waals surface area (Å²) in [4.78, 5) is 0. The van der Waals surface area contributed by atoms with Gasteiger partial charge in [0.2, 0.25) is 10.0 Å². The minimum atomic E-state index is -3.49. The Kier molecular flexibility index (Phi) is 6.18. The van der Waals surface area contributed by atoms with Crippen molar-refractivity contribution in [3.63, 3.8) is 0 Å². The summed E-state index contributed by atoms with van der Waals surface area (Å²) in [5.74, 6) is 0.813. The molecule has 0 aromatic heterocycles. The molecule has 148 valence electrons. The first-order valence-electron chi connectivity index (χ1n) is 9.06. The van der Waals surface area contributed by atoms with E-state index in [1.54, 1.807) is 6.07 Å². The van der Waals surface area contributed by atoms with Crippen molar-refractivity contribution >= 4 is 26.5 Å². The van der Waals surface area contributed by atoms with Crippen molar-refractivity contribution in [3.8, 4) is 11.5 Å². The Morgan fingerprint density at radius 3 is 2.50 bits per heavy atom. The van der Waals surface area contributed by atoms with Crippen LogP contribution in [-0.2, 0) is 10.0 Å². The van der Waals surface area contributed by atoms with Gasteiger partial charge in [-0.1, -0.05) is 49.7 Å². The molecule has 6 nitrogen and oxygen atoms in total. The molecule has 3 aromatic rings. The lowest BCUT2D eigenvalue weighted by Crippen LogP contribution is -2.16. The molecule has 0 saturated carbocycles. The first-order chi connectivity index (χ1) is 13.4. The minimum absolute atomic E-state index is 0.00870. The number of aliphatic hydroxyl groups excluding tert-OH is 1. The Hall–Kier alpha value is -2.61. The highest BCUT2D eigenvalue weighted by molar-refractivity contribution is 7.92. The number of hydrogen-bond acceptors (Lipinski definition) is 5. The molecule has 3 N–H and O–H groups in total. The number of fused-ring (bicyclic) bond motifs is 1. The summed E-state index contributed by atoms with van der Waals surface area (Å²) in [6.07, 6.45) is -0.503. The van der Waals surface area contributed by atoms with Crippen LogP contribution >= 0.6 is 0 Å². The Balaban J connectivity index is 1.91. The van der Waals surface area contributed by atoms with Gasteiger partial charge in [0.1, 0.15) is 11.5 Å². The molecule has 0 aliphatic carbocycles. The Labute approximate surface area is 164 Å². The zero-order chi connectivity index (χ0) is 20.1. The van der Waals surface area contributed by atoms with E-state index in [1.807, 2.05) is 43.3 Å². The molecule has 0 atom stereocenters. The maximum atomic E-state index is 12.1. The third kappa shape index (κ3) is 4.81. The van der Waals surface area contributed by atoms with Gasteiger partial charge in [0.15, 0.2) is 6.29 Å². The van der Waals surface area contributed by atoms with Crippen LogP contribution < -0.4 is 9.46 Å². The topological polar surface area (TPSA) is 95.9 Å². The van der Waals surface area contributed by atoms with Gasteiger partial charge in [0.05, 0.1) is 11.3 Å². The zero-order valence-electron chi connectivity index (χ0n) is 15.5. The number of rotatable bonds is 8. The Bertz CT molecular complexity index is 1060. The number of unbranched alkanes of at least 4 members (excludes halogenated alkanes) is 1. The van der Waals surface area contributed by atoms with Gasteiger partial charge < -0.3 is 14.9 Å². The van der Waals surface area contributed by atoms with Crippen LogP contribution in [0, 0.1) is 0 Å². The summed E-state index contributed by atoms with van der Waals surface area (Å²) >= 11 is 0. The number of ether oxygens (including phenoxy) is 1.